The van der Waals surface area contributed by atoms with Crippen molar-refractivity contribution in [1.29, 1.82) is 0 Å². The fourth-order valence-corrected chi connectivity index (χ4v) is 6.25. The van der Waals surface area contributed by atoms with Crippen molar-refractivity contribution in [3.8, 4) is 5.75 Å². The summed E-state index contributed by atoms with van der Waals surface area (Å²) in [7, 11) is 0. The number of piperidine rings is 3. The van der Waals surface area contributed by atoms with Crippen molar-refractivity contribution in [3.05, 3.63) is 64.2 Å². The number of nitrogens with zero attached hydrogens (tertiary/aromatic N) is 1. The van der Waals surface area contributed by atoms with Gasteiger partial charge in [0.05, 0.1) is 6.61 Å². The van der Waals surface area contributed by atoms with Crippen LogP contribution < -0.4 is 10.6 Å². The molecule has 0 saturated carbocycles. The molecule has 218 valence electrons. The molecule has 4 aliphatic rings. The quantitative estimate of drug-likeness (QED) is 0.252. The zero-order valence-corrected chi connectivity index (χ0v) is 22.9. The third-order valence-electron chi connectivity index (χ3n) is 8.77. The first-order valence-electron chi connectivity index (χ1n) is 14.2. The smallest absolute Gasteiger partial charge is 0.315 e. The van der Waals surface area contributed by atoms with Crippen molar-refractivity contribution in [2.24, 2.45) is 5.92 Å². The summed E-state index contributed by atoms with van der Waals surface area (Å²) in [5.74, 6) is 0.500. The van der Waals surface area contributed by atoms with Gasteiger partial charge < -0.3 is 45.8 Å². The highest BCUT2D eigenvalue weighted by molar-refractivity contribution is 5.74. The number of amides is 2. The molecule has 4 heterocycles. The number of hydrogen-bond acceptors (Lipinski definition) is 8. The van der Waals surface area contributed by atoms with Gasteiger partial charge in [0.2, 0.25) is 0 Å². The molecule has 6 rings (SSSR count). The molecule has 4 aliphatic heterocycles. The molecule has 6 atom stereocenters. The number of urea groups is 1. The Morgan fingerprint density at radius 2 is 1.73 bits per heavy atom. The van der Waals surface area contributed by atoms with E-state index in [1.165, 1.54) is 0 Å². The van der Waals surface area contributed by atoms with Gasteiger partial charge in [0, 0.05) is 24.7 Å². The normalized spacial score (nSPS) is 31.6. The zero-order valence-electron chi connectivity index (χ0n) is 22.9. The van der Waals surface area contributed by atoms with Crippen LogP contribution in [0.1, 0.15) is 46.8 Å². The maximum absolute atomic E-state index is 12.4. The summed E-state index contributed by atoms with van der Waals surface area (Å²) in [6.07, 6.45) is -3.00. The maximum atomic E-state index is 12.4. The van der Waals surface area contributed by atoms with Gasteiger partial charge in [-0.05, 0) is 86.0 Å². The third kappa shape index (κ3) is 6.27. The van der Waals surface area contributed by atoms with Crippen molar-refractivity contribution in [2.45, 2.75) is 69.2 Å². The standard InChI is InChI=1S/C30H41N3O7/c1-17-12-24(35)22(29-28(38)27(37)26(36)25(16-34)40-29)14-21(17)13-19-4-2-18(3-5-19)6-9-31-30(39)32-23-15-33-10-7-20(23)8-11-33/h2-5,12,14,20,23,25-29,34-38H,6-11,13,15-16H2,1H3,(H2,31,32,39)/t23?,25-,26-,27?,28-,29+/m1/s1. The van der Waals surface area contributed by atoms with Crippen LogP contribution in [0, 0.1) is 12.8 Å². The number of aromatic hydroxyl groups is 1. The van der Waals surface area contributed by atoms with Crippen LogP contribution >= 0.6 is 0 Å². The van der Waals surface area contributed by atoms with Gasteiger partial charge >= 0.3 is 6.03 Å². The van der Waals surface area contributed by atoms with Gasteiger partial charge in [0.25, 0.3) is 0 Å². The molecule has 4 saturated heterocycles. The van der Waals surface area contributed by atoms with Gasteiger partial charge in [-0.15, -0.1) is 0 Å². The molecule has 2 amide bonds. The van der Waals surface area contributed by atoms with Crippen LogP contribution in [0.15, 0.2) is 36.4 Å². The SMILES string of the molecule is Cc1cc(O)c([C@@H]2O[C@H](CO)[C@@H](O)C(O)[C@H]2O)cc1Cc1ccc(CCNC(=O)NC2CN3CCC2CC3)cc1. The highest BCUT2D eigenvalue weighted by atomic mass is 16.5. The van der Waals surface area contributed by atoms with E-state index >= 15 is 0 Å². The topological polar surface area (TPSA) is 155 Å². The number of ether oxygens (including phenoxy) is 1. The Balaban J connectivity index is 1.16. The minimum atomic E-state index is -1.52. The van der Waals surface area contributed by atoms with Gasteiger partial charge in [-0.25, -0.2) is 4.79 Å². The second-order valence-corrected chi connectivity index (χ2v) is 11.5. The first-order valence-corrected chi connectivity index (χ1v) is 14.2. The van der Waals surface area contributed by atoms with Crippen LogP contribution in [0.4, 0.5) is 4.79 Å². The number of fused-ring (bicyclic) bond motifs is 3. The van der Waals surface area contributed by atoms with E-state index < -0.39 is 37.1 Å². The van der Waals surface area contributed by atoms with Crippen molar-refractivity contribution in [3.63, 3.8) is 0 Å². The second-order valence-electron chi connectivity index (χ2n) is 11.5. The van der Waals surface area contributed by atoms with Gasteiger partial charge in [-0.3, -0.25) is 0 Å². The Labute approximate surface area is 234 Å². The van der Waals surface area contributed by atoms with E-state index in [0.29, 0.717) is 25.3 Å². The molecule has 7 N–H and O–H groups in total. The largest absolute Gasteiger partial charge is 0.508 e. The van der Waals surface area contributed by atoms with Gasteiger partial charge in [-0.1, -0.05) is 24.3 Å². The molecule has 10 nitrogen and oxygen atoms in total. The zero-order chi connectivity index (χ0) is 28.4. The summed E-state index contributed by atoms with van der Waals surface area (Å²) in [4.78, 5) is 14.8. The average molecular weight is 556 g/mol. The molecule has 10 heteroatoms. The Bertz CT molecular complexity index is 1170. The summed E-state index contributed by atoms with van der Waals surface area (Å²) in [5.41, 5.74) is 4.20. The van der Waals surface area contributed by atoms with Crippen LogP contribution in [-0.2, 0) is 17.6 Å². The van der Waals surface area contributed by atoms with Crippen molar-refractivity contribution < 1.29 is 35.1 Å². The van der Waals surface area contributed by atoms with E-state index in [0.717, 1.165) is 54.7 Å². The number of phenols is 1. The summed E-state index contributed by atoms with van der Waals surface area (Å²) in [6.45, 7) is 5.13. The predicted octanol–water partition coefficient (Wildman–Crippen LogP) is 0.742. The number of benzene rings is 2. The van der Waals surface area contributed by atoms with Gasteiger partial charge in [0.1, 0.15) is 36.3 Å². The number of aryl methyl sites for hydroxylation is 1. The lowest BCUT2D eigenvalue weighted by molar-refractivity contribution is -0.232. The number of hydrogen-bond donors (Lipinski definition) is 7. The number of aliphatic hydroxyl groups excluding tert-OH is 4. The molecule has 40 heavy (non-hydrogen) atoms. The monoisotopic (exact) mass is 555 g/mol. The van der Waals surface area contributed by atoms with E-state index in [1.54, 1.807) is 12.1 Å². The molecule has 2 unspecified atom stereocenters. The average Bonchev–Trinajstić information content (AvgIpc) is 2.95. The number of phenolic OH excluding ortho intramolecular Hbond substituents is 1. The minimum Gasteiger partial charge on any atom is -0.508 e. The van der Waals surface area contributed by atoms with Crippen molar-refractivity contribution in [2.75, 3.05) is 32.8 Å². The van der Waals surface area contributed by atoms with Crippen molar-refractivity contribution in [1.82, 2.24) is 15.5 Å². The van der Waals surface area contributed by atoms with Crippen LogP contribution in [0.3, 0.4) is 0 Å². The lowest BCUT2D eigenvalue weighted by atomic mass is 9.84. The molecule has 2 bridgehead atoms. The molecule has 4 fully saturated rings. The lowest BCUT2D eigenvalue weighted by Gasteiger charge is -2.44. The first-order chi connectivity index (χ1) is 19.2. The van der Waals surface area contributed by atoms with E-state index in [-0.39, 0.29) is 23.4 Å². The molecule has 0 radical (unpaired) electrons. The molecule has 2 aromatic carbocycles. The Morgan fingerprint density at radius 1 is 1.02 bits per heavy atom. The molecule has 2 aromatic rings. The highest BCUT2D eigenvalue weighted by Crippen LogP contribution is 2.38. The summed E-state index contributed by atoms with van der Waals surface area (Å²) in [6, 6.07) is 11.6. The molecule has 0 spiro atoms. The van der Waals surface area contributed by atoms with Gasteiger partial charge in [-0.2, -0.15) is 0 Å². The van der Waals surface area contributed by atoms with E-state index in [9.17, 15) is 30.3 Å². The van der Waals surface area contributed by atoms with Crippen LogP contribution in [0.25, 0.3) is 0 Å². The Morgan fingerprint density at radius 3 is 2.38 bits per heavy atom. The van der Waals surface area contributed by atoms with E-state index in [4.69, 9.17) is 4.74 Å². The maximum Gasteiger partial charge on any atom is 0.315 e. The van der Waals surface area contributed by atoms with Crippen molar-refractivity contribution >= 4 is 6.03 Å². The Kier molecular flexibility index (Phi) is 8.94. The molecular formula is C30H41N3O7. The Hall–Kier alpha value is -2.73. The molecule has 0 aromatic heterocycles. The fourth-order valence-electron chi connectivity index (χ4n) is 6.25. The van der Waals surface area contributed by atoms with E-state index in [1.807, 2.05) is 31.2 Å². The molecule has 0 aliphatic carbocycles. The summed E-state index contributed by atoms with van der Waals surface area (Å²) >= 11 is 0. The number of carbonyl (C=O) groups excluding carboxylic acids is 1. The number of carbonyl (C=O) groups is 1. The lowest BCUT2D eigenvalue weighted by Crippen LogP contribution is -2.58. The predicted molar refractivity (Wildman–Crippen MR) is 148 cm³/mol. The van der Waals surface area contributed by atoms with Crippen LogP contribution in [0.2, 0.25) is 0 Å². The first kappa shape index (κ1) is 28.8. The number of nitrogens with one attached hydrogen (secondary N) is 2. The second kappa shape index (κ2) is 12.4. The van der Waals surface area contributed by atoms with Gasteiger partial charge in [0.15, 0.2) is 0 Å². The number of rotatable bonds is 8. The fraction of sp³-hybridized carbons (Fsp3) is 0.567. The minimum absolute atomic E-state index is 0.0917. The number of aliphatic hydroxyl groups is 4. The third-order valence-corrected chi connectivity index (χ3v) is 8.77. The molecular weight excluding hydrogens is 514 g/mol. The van der Waals surface area contributed by atoms with E-state index in [2.05, 4.69) is 15.5 Å². The highest BCUT2D eigenvalue weighted by Gasteiger charge is 2.44. The van der Waals surface area contributed by atoms with Crippen LogP contribution in [0.5, 0.6) is 5.75 Å². The summed E-state index contributed by atoms with van der Waals surface area (Å²) < 4.78 is 5.66. The van der Waals surface area contributed by atoms with Crippen LogP contribution in [-0.4, -0.2) is 99.7 Å². The summed E-state index contributed by atoms with van der Waals surface area (Å²) in [5, 5.41) is 57.1.